The van der Waals surface area contributed by atoms with Crippen LogP contribution in [0.5, 0.6) is 0 Å². The van der Waals surface area contributed by atoms with Gasteiger partial charge in [0.05, 0.1) is 16.2 Å². The second kappa shape index (κ2) is 8.26. The van der Waals surface area contributed by atoms with Gasteiger partial charge >= 0.3 is 0 Å². The van der Waals surface area contributed by atoms with E-state index in [1.54, 1.807) is 39.2 Å². The minimum atomic E-state index is -3.58. The van der Waals surface area contributed by atoms with Crippen LogP contribution in [0.3, 0.4) is 0 Å². The molecule has 1 atom stereocenters. The second-order valence-electron chi connectivity index (χ2n) is 6.54. The molecule has 0 aliphatic heterocycles. The summed E-state index contributed by atoms with van der Waals surface area (Å²) in [4.78, 5) is 25.2. The van der Waals surface area contributed by atoms with Crippen LogP contribution in [0.4, 0.5) is 0 Å². The third-order valence-electron chi connectivity index (χ3n) is 4.13. The summed E-state index contributed by atoms with van der Waals surface area (Å²) in [7, 11) is -3.58. The first-order valence-corrected chi connectivity index (χ1v) is 10.6. The number of hydrogen-bond donors (Lipinski definition) is 1. The fraction of sp³-hybridized carbons (Fsp3) is 0.278. The second-order valence-corrected chi connectivity index (χ2v) is 9.48. The number of nitrogens with one attached hydrogen (secondary N) is 1. The number of hydrogen-bond acceptors (Lipinski definition) is 7. The fourth-order valence-electron chi connectivity index (χ4n) is 2.58. The molecule has 1 amide bonds. The van der Waals surface area contributed by atoms with Crippen LogP contribution in [0.15, 0.2) is 47.9 Å². The van der Waals surface area contributed by atoms with Gasteiger partial charge in [-0.05, 0) is 45.0 Å². The molecule has 0 saturated carbocycles. The Kier molecular flexibility index (Phi) is 5.94. The van der Waals surface area contributed by atoms with Crippen LogP contribution < -0.4 is 5.32 Å². The van der Waals surface area contributed by atoms with Gasteiger partial charge in [0.1, 0.15) is 6.33 Å². The van der Waals surface area contributed by atoms with Crippen molar-refractivity contribution in [2.24, 2.45) is 0 Å². The average Bonchev–Trinajstić information content (AvgIpc) is 3.18. The van der Waals surface area contributed by atoms with Crippen LogP contribution in [0.1, 0.15) is 43.0 Å². The van der Waals surface area contributed by atoms with Gasteiger partial charge in [-0.25, -0.2) is 23.4 Å². The van der Waals surface area contributed by atoms with E-state index >= 15 is 0 Å². The quantitative estimate of drug-likeness (QED) is 0.632. The number of rotatable bonds is 6. The Bertz CT molecular complexity index is 1130. The van der Waals surface area contributed by atoms with Crippen molar-refractivity contribution in [3.63, 3.8) is 0 Å². The summed E-state index contributed by atoms with van der Waals surface area (Å²) >= 11 is 6.06. The maximum atomic E-state index is 12.7. The van der Waals surface area contributed by atoms with E-state index in [4.69, 9.17) is 11.6 Å². The molecule has 9 nitrogen and oxygen atoms in total. The largest absolute Gasteiger partial charge is 0.342 e. The lowest BCUT2D eigenvalue weighted by atomic mass is 10.2. The Labute approximate surface area is 173 Å². The first kappa shape index (κ1) is 20.9. The molecule has 0 unspecified atom stereocenters. The minimum absolute atomic E-state index is 0.00124. The van der Waals surface area contributed by atoms with Crippen LogP contribution in [0, 0.1) is 0 Å². The van der Waals surface area contributed by atoms with Gasteiger partial charge in [0.2, 0.25) is 0 Å². The average molecular weight is 435 g/mol. The monoisotopic (exact) mass is 434 g/mol. The van der Waals surface area contributed by atoms with Gasteiger partial charge in [-0.15, -0.1) is 0 Å². The molecule has 2 aromatic heterocycles. The molecule has 1 aromatic carbocycles. The summed E-state index contributed by atoms with van der Waals surface area (Å²) in [5, 5.41) is 6.39. The first-order valence-electron chi connectivity index (χ1n) is 8.73. The molecule has 29 heavy (non-hydrogen) atoms. The van der Waals surface area contributed by atoms with Crippen molar-refractivity contribution < 1.29 is 13.2 Å². The molecule has 0 fully saturated rings. The molecule has 1 N–H and O–H groups in total. The Morgan fingerprint density at radius 1 is 1.10 bits per heavy atom. The minimum Gasteiger partial charge on any atom is -0.342 e. The first-order chi connectivity index (χ1) is 13.7. The lowest BCUT2D eigenvalue weighted by Crippen LogP contribution is -2.29. The smallest absolute Gasteiger partial charge is 0.252 e. The highest BCUT2D eigenvalue weighted by Gasteiger charge is 2.23. The standard InChI is InChI=1S/C18H19ClN6O3S/c1-11(2)29(27,28)15-8-13(7-14(19)9-15)17(26)24-12(3)16-22-10-23-25(16)18-20-5-4-6-21-18/h4-12H,1-3H3,(H,24,26)/t12-/m1/s1. The van der Waals surface area contributed by atoms with Crippen molar-refractivity contribution in [3.8, 4) is 5.95 Å². The van der Waals surface area contributed by atoms with Gasteiger partial charge < -0.3 is 5.32 Å². The van der Waals surface area contributed by atoms with E-state index in [0.29, 0.717) is 11.8 Å². The highest BCUT2D eigenvalue weighted by molar-refractivity contribution is 7.92. The van der Waals surface area contributed by atoms with E-state index in [0.717, 1.165) is 0 Å². The number of aromatic nitrogens is 5. The van der Waals surface area contributed by atoms with Crippen molar-refractivity contribution in [1.82, 2.24) is 30.0 Å². The predicted octanol–water partition coefficient (Wildman–Crippen LogP) is 2.38. The maximum absolute atomic E-state index is 12.7. The zero-order chi connectivity index (χ0) is 21.2. The van der Waals surface area contributed by atoms with E-state index in [2.05, 4.69) is 25.4 Å². The summed E-state index contributed by atoms with van der Waals surface area (Å²) in [6, 6.07) is 5.17. The number of benzene rings is 1. The molecular weight excluding hydrogens is 416 g/mol. The van der Waals surface area contributed by atoms with Crippen molar-refractivity contribution in [3.05, 3.63) is 59.4 Å². The van der Waals surface area contributed by atoms with Gasteiger partial charge in [0.15, 0.2) is 15.7 Å². The summed E-state index contributed by atoms with van der Waals surface area (Å²) in [5.41, 5.74) is 0.130. The van der Waals surface area contributed by atoms with Crippen LogP contribution in [0.2, 0.25) is 5.02 Å². The van der Waals surface area contributed by atoms with Gasteiger partial charge in [0.25, 0.3) is 11.9 Å². The molecule has 3 rings (SSSR count). The topological polar surface area (TPSA) is 120 Å². The number of sulfone groups is 1. The van der Waals surface area contributed by atoms with Crippen LogP contribution in [-0.4, -0.2) is 44.3 Å². The Morgan fingerprint density at radius 2 is 1.79 bits per heavy atom. The van der Waals surface area contributed by atoms with Crippen molar-refractivity contribution in [2.75, 3.05) is 0 Å². The van der Waals surface area contributed by atoms with E-state index < -0.39 is 27.0 Å². The number of carbonyl (C=O) groups is 1. The fourth-order valence-corrected chi connectivity index (χ4v) is 4.00. The van der Waals surface area contributed by atoms with Gasteiger partial charge in [-0.3, -0.25) is 4.79 Å². The lowest BCUT2D eigenvalue weighted by Gasteiger charge is -2.15. The Balaban J connectivity index is 1.87. The highest BCUT2D eigenvalue weighted by atomic mass is 35.5. The zero-order valence-corrected chi connectivity index (χ0v) is 17.5. The predicted molar refractivity (Wildman–Crippen MR) is 107 cm³/mol. The SMILES string of the molecule is CC(C)S(=O)(=O)c1cc(Cl)cc(C(=O)N[C@H](C)c2ncnn2-c2ncccn2)c1. The van der Waals surface area contributed by atoms with E-state index in [-0.39, 0.29) is 15.5 Å². The molecule has 0 aliphatic rings. The molecule has 11 heteroatoms. The molecule has 0 saturated heterocycles. The Hall–Kier alpha value is -2.85. The molecule has 0 spiro atoms. The van der Waals surface area contributed by atoms with Gasteiger partial charge in [0, 0.05) is 23.0 Å². The number of nitrogens with zero attached hydrogens (tertiary/aromatic N) is 5. The molecule has 0 aliphatic carbocycles. The number of carbonyl (C=O) groups excluding carboxylic acids is 1. The van der Waals surface area contributed by atoms with E-state index in [1.165, 1.54) is 29.2 Å². The van der Waals surface area contributed by atoms with Crippen LogP contribution >= 0.6 is 11.6 Å². The van der Waals surface area contributed by atoms with Crippen molar-refractivity contribution in [1.29, 1.82) is 0 Å². The van der Waals surface area contributed by atoms with E-state index in [1.807, 2.05) is 0 Å². The van der Waals surface area contributed by atoms with Gasteiger partial charge in [-0.1, -0.05) is 11.6 Å². The maximum Gasteiger partial charge on any atom is 0.252 e. The molecule has 3 aromatic rings. The Morgan fingerprint density at radius 3 is 2.45 bits per heavy atom. The third-order valence-corrected chi connectivity index (χ3v) is 6.49. The van der Waals surface area contributed by atoms with Crippen LogP contribution in [-0.2, 0) is 9.84 Å². The summed E-state index contributed by atoms with van der Waals surface area (Å²) < 4.78 is 26.3. The highest BCUT2D eigenvalue weighted by Crippen LogP contribution is 2.23. The molecule has 0 bridgehead atoms. The third kappa shape index (κ3) is 4.43. The summed E-state index contributed by atoms with van der Waals surface area (Å²) in [5.74, 6) is 0.236. The summed E-state index contributed by atoms with van der Waals surface area (Å²) in [6.07, 6.45) is 4.47. The molecule has 152 valence electrons. The van der Waals surface area contributed by atoms with Crippen molar-refractivity contribution >= 4 is 27.3 Å². The summed E-state index contributed by atoms with van der Waals surface area (Å²) in [6.45, 7) is 4.85. The number of amides is 1. The molecule has 0 radical (unpaired) electrons. The van der Waals surface area contributed by atoms with Crippen LogP contribution in [0.25, 0.3) is 5.95 Å². The molecule has 2 heterocycles. The number of halogens is 1. The molecular formula is C18H19ClN6O3S. The van der Waals surface area contributed by atoms with E-state index in [9.17, 15) is 13.2 Å². The van der Waals surface area contributed by atoms with Crippen molar-refractivity contribution in [2.45, 2.75) is 37.0 Å². The van der Waals surface area contributed by atoms with Gasteiger partial charge in [-0.2, -0.15) is 9.78 Å². The normalized spacial score (nSPS) is 12.7. The zero-order valence-electron chi connectivity index (χ0n) is 15.9. The lowest BCUT2D eigenvalue weighted by molar-refractivity contribution is 0.0937.